The Kier molecular flexibility index (Phi) is 5.55. The monoisotopic (exact) mass is 311 g/mol. The molecule has 1 amide bonds. The predicted octanol–water partition coefficient (Wildman–Crippen LogP) is 4.91. The zero-order valence-electron chi connectivity index (χ0n) is 10.4. The highest BCUT2D eigenvalue weighted by atomic mass is 35.5. The third-order valence-electron chi connectivity index (χ3n) is 2.22. The molecule has 0 saturated carbocycles. The molecular weight excluding hydrogens is 299 g/mol. The van der Waals surface area contributed by atoms with Crippen LogP contribution in [0.25, 0.3) is 0 Å². The van der Waals surface area contributed by atoms with Crippen molar-refractivity contribution in [1.29, 1.82) is 0 Å². The molecule has 1 aromatic rings. The van der Waals surface area contributed by atoms with Crippen molar-refractivity contribution >= 4 is 34.4 Å². The summed E-state index contributed by atoms with van der Waals surface area (Å²) in [5, 5.41) is -0.620. The Hall–Kier alpha value is -0.880. The summed E-state index contributed by atoms with van der Waals surface area (Å²) in [7, 11) is 0. The van der Waals surface area contributed by atoms with E-state index in [2.05, 4.69) is 0 Å². The third kappa shape index (κ3) is 5.32. The highest BCUT2D eigenvalue weighted by Gasteiger charge is 2.27. The van der Waals surface area contributed by atoms with E-state index in [1.165, 1.54) is 4.90 Å². The first kappa shape index (κ1) is 16.2. The molecule has 19 heavy (non-hydrogen) atoms. The van der Waals surface area contributed by atoms with Crippen LogP contribution in [0.4, 0.5) is 23.7 Å². The molecule has 0 saturated heterocycles. The molecule has 1 aromatic carbocycles. The number of alkyl halides is 3. The summed E-state index contributed by atoms with van der Waals surface area (Å²) in [5.74, 6) is -0.936. The van der Waals surface area contributed by atoms with Crippen molar-refractivity contribution in [3.8, 4) is 0 Å². The Morgan fingerprint density at radius 3 is 2.21 bits per heavy atom. The van der Waals surface area contributed by atoms with E-state index < -0.39 is 17.3 Å². The number of carbonyl (C=O) groups excluding carboxylic acids is 1. The molecule has 0 spiro atoms. The van der Waals surface area contributed by atoms with Gasteiger partial charge in [0.05, 0.1) is 5.75 Å². The zero-order chi connectivity index (χ0) is 14.6. The van der Waals surface area contributed by atoms with Crippen LogP contribution in [0.15, 0.2) is 29.2 Å². The lowest BCUT2D eigenvalue weighted by Crippen LogP contribution is -2.32. The average molecular weight is 312 g/mol. The second-order valence-electron chi connectivity index (χ2n) is 4.11. The lowest BCUT2D eigenvalue weighted by atomic mass is 10.2. The highest BCUT2D eigenvalue weighted by Crippen LogP contribution is 2.29. The second kappa shape index (κ2) is 6.52. The molecular formula is C12H13ClF3NOS. The molecule has 0 unspecified atom stereocenters. The van der Waals surface area contributed by atoms with Crippen molar-refractivity contribution in [1.82, 2.24) is 0 Å². The lowest BCUT2D eigenvalue weighted by molar-refractivity contribution is -0.105. The normalized spacial score (nSPS) is 11.7. The number of hydrogen-bond donors (Lipinski definition) is 0. The van der Waals surface area contributed by atoms with E-state index in [1.54, 1.807) is 38.1 Å². The molecule has 0 atom stereocenters. The highest BCUT2D eigenvalue weighted by molar-refractivity contribution is 7.99. The summed E-state index contributed by atoms with van der Waals surface area (Å²) in [4.78, 5) is 13.1. The number of amides is 1. The van der Waals surface area contributed by atoms with Gasteiger partial charge in [-0.3, -0.25) is 9.69 Å². The quantitative estimate of drug-likeness (QED) is 0.447. The molecule has 0 aliphatic heterocycles. The van der Waals surface area contributed by atoms with Gasteiger partial charge in [-0.2, -0.15) is 13.2 Å². The van der Waals surface area contributed by atoms with Crippen LogP contribution in [-0.4, -0.2) is 23.3 Å². The Labute approximate surface area is 118 Å². The minimum Gasteiger partial charge on any atom is -0.296 e. The summed E-state index contributed by atoms with van der Waals surface area (Å²) in [6.45, 7) is 3.60. The van der Waals surface area contributed by atoms with Gasteiger partial charge in [-0.25, -0.2) is 0 Å². The summed E-state index contributed by atoms with van der Waals surface area (Å²) in [6.07, 6.45) is -4.20. The topological polar surface area (TPSA) is 20.3 Å². The molecule has 0 radical (unpaired) electrons. The largest absolute Gasteiger partial charge is 0.398 e. The summed E-state index contributed by atoms with van der Waals surface area (Å²) < 4.78 is 36.2. The maximum Gasteiger partial charge on any atom is 0.398 e. The van der Waals surface area contributed by atoms with Gasteiger partial charge in [0.1, 0.15) is 0 Å². The molecule has 0 aliphatic carbocycles. The molecule has 0 bridgehead atoms. The minimum absolute atomic E-state index is 0.126. The van der Waals surface area contributed by atoms with Gasteiger partial charge in [0, 0.05) is 16.6 Å². The van der Waals surface area contributed by atoms with Gasteiger partial charge in [0.2, 0.25) is 0 Å². The van der Waals surface area contributed by atoms with Crippen LogP contribution >= 0.6 is 23.4 Å². The van der Waals surface area contributed by atoms with Crippen molar-refractivity contribution < 1.29 is 18.0 Å². The fourth-order valence-corrected chi connectivity index (χ4v) is 2.42. The first-order valence-corrected chi connectivity index (χ1v) is 6.85. The van der Waals surface area contributed by atoms with Crippen molar-refractivity contribution in [2.24, 2.45) is 0 Å². The van der Waals surface area contributed by atoms with Crippen molar-refractivity contribution in [3.05, 3.63) is 24.3 Å². The molecule has 0 aromatic heterocycles. The van der Waals surface area contributed by atoms with Crippen LogP contribution in [-0.2, 0) is 0 Å². The van der Waals surface area contributed by atoms with Crippen LogP contribution in [0.1, 0.15) is 13.8 Å². The van der Waals surface area contributed by atoms with Gasteiger partial charge in [-0.1, -0.05) is 0 Å². The number of rotatable bonds is 4. The summed E-state index contributed by atoms with van der Waals surface area (Å²) in [5.41, 5.74) is 0.561. The lowest BCUT2D eigenvalue weighted by Gasteiger charge is -2.24. The molecule has 1 rings (SSSR count). The molecule has 106 valence electrons. The van der Waals surface area contributed by atoms with Crippen molar-refractivity contribution in [2.45, 2.75) is 31.0 Å². The first-order valence-electron chi connectivity index (χ1n) is 5.49. The number of carbonyl (C=O) groups is 1. The summed E-state index contributed by atoms with van der Waals surface area (Å²) >= 11 is 6.17. The molecule has 2 nitrogen and oxygen atoms in total. The molecule has 0 aliphatic rings. The Bertz CT molecular complexity index is 434. The third-order valence-corrected chi connectivity index (χ3v) is 3.48. The van der Waals surface area contributed by atoms with E-state index in [4.69, 9.17) is 11.6 Å². The van der Waals surface area contributed by atoms with Gasteiger partial charge in [0.15, 0.2) is 0 Å². The molecule has 0 N–H and O–H groups in total. The molecule has 7 heteroatoms. The van der Waals surface area contributed by atoms with Gasteiger partial charge in [0.25, 0.3) is 0 Å². The van der Waals surface area contributed by atoms with E-state index in [-0.39, 0.29) is 6.04 Å². The van der Waals surface area contributed by atoms with Crippen LogP contribution in [0.3, 0.4) is 0 Å². The number of halogens is 4. The zero-order valence-corrected chi connectivity index (χ0v) is 11.9. The Morgan fingerprint density at radius 2 is 1.84 bits per heavy atom. The van der Waals surface area contributed by atoms with Crippen molar-refractivity contribution in [2.75, 3.05) is 10.7 Å². The second-order valence-corrected chi connectivity index (χ2v) is 5.49. The number of nitrogens with zero attached hydrogens (tertiary/aromatic N) is 1. The van der Waals surface area contributed by atoms with E-state index in [9.17, 15) is 18.0 Å². The fraction of sp³-hybridized carbons (Fsp3) is 0.417. The number of thioether (sulfide) groups is 1. The smallest absolute Gasteiger partial charge is 0.296 e. The Morgan fingerprint density at radius 1 is 1.32 bits per heavy atom. The maximum absolute atomic E-state index is 12.1. The minimum atomic E-state index is -4.20. The average Bonchev–Trinajstić information content (AvgIpc) is 2.26. The predicted molar refractivity (Wildman–Crippen MR) is 72.1 cm³/mol. The number of hydrogen-bond acceptors (Lipinski definition) is 2. The van der Waals surface area contributed by atoms with Crippen LogP contribution in [0, 0.1) is 0 Å². The summed E-state index contributed by atoms with van der Waals surface area (Å²) in [6, 6.07) is 6.12. The standard InChI is InChI=1S/C12H13ClF3NOS/c1-8(2)17(11(13)18)9-3-5-10(6-4-9)19-7-12(14,15)16/h3-6,8H,7H2,1-2H3. The van der Waals surface area contributed by atoms with Crippen LogP contribution in [0.5, 0.6) is 0 Å². The van der Waals surface area contributed by atoms with Crippen LogP contribution in [0.2, 0.25) is 0 Å². The van der Waals surface area contributed by atoms with Crippen molar-refractivity contribution in [3.63, 3.8) is 0 Å². The van der Waals surface area contributed by atoms with E-state index >= 15 is 0 Å². The fourth-order valence-electron chi connectivity index (χ4n) is 1.47. The van der Waals surface area contributed by atoms with Gasteiger partial charge < -0.3 is 0 Å². The molecule has 0 fully saturated rings. The van der Waals surface area contributed by atoms with E-state index in [0.29, 0.717) is 22.3 Å². The molecule has 0 heterocycles. The Balaban J connectivity index is 2.78. The van der Waals surface area contributed by atoms with Gasteiger partial charge >= 0.3 is 11.5 Å². The van der Waals surface area contributed by atoms with E-state index in [1.807, 2.05) is 0 Å². The van der Waals surface area contributed by atoms with Gasteiger partial charge in [-0.15, -0.1) is 11.8 Å². The SMILES string of the molecule is CC(C)N(C(=O)Cl)c1ccc(SCC(F)(F)F)cc1. The number of anilines is 1. The van der Waals surface area contributed by atoms with E-state index in [0.717, 1.165) is 0 Å². The van der Waals surface area contributed by atoms with Gasteiger partial charge in [-0.05, 0) is 49.7 Å². The van der Waals surface area contributed by atoms with Crippen LogP contribution < -0.4 is 4.90 Å². The first-order chi connectivity index (χ1) is 8.70. The number of benzene rings is 1. The maximum atomic E-state index is 12.1.